The third-order valence-corrected chi connectivity index (χ3v) is 3.42. The van der Waals surface area contributed by atoms with Crippen molar-refractivity contribution in [3.63, 3.8) is 0 Å². The van der Waals surface area contributed by atoms with Crippen molar-refractivity contribution in [2.45, 2.75) is 47.1 Å². The molecule has 1 aromatic heterocycles. The molecule has 0 bridgehead atoms. The number of nitrogens with zero attached hydrogens (tertiary/aromatic N) is 1. The van der Waals surface area contributed by atoms with Crippen molar-refractivity contribution in [1.29, 1.82) is 0 Å². The fourth-order valence-electron chi connectivity index (χ4n) is 1.92. The Morgan fingerprint density at radius 1 is 1.38 bits per heavy atom. The monoisotopic (exact) mass is 297 g/mol. The van der Waals surface area contributed by atoms with Gasteiger partial charge in [-0.1, -0.05) is 32.3 Å². The highest BCUT2D eigenvalue weighted by atomic mass is 16.5. The lowest BCUT2D eigenvalue weighted by molar-refractivity contribution is 0.0926. The molecule has 0 aliphatic carbocycles. The predicted molar refractivity (Wildman–Crippen MR) is 81.1 cm³/mol. The zero-order chi connectivity index (χ0) is 15.9. The number of rotatable bonds is 9. The minimum absolute atomic E-state index is 0.0408. The molecule has 0 aliphatic rings. The smallest absolute Gasteiger partial charge is 0.273 e. The molecule has 0 fully saturated rings. The molecule has 1 amide bonds. The zero-order valence-electron chi connectivity index (χ0n) is 13.5. The quantitative estimate of drug-likeness (QED) is 0.603. The summed E-state index contributed by atoms with van der Waals surface area (Å²) in [5, 5.41) is 19.0. The van der Waals surface area contributed by atoms with E-state index >= 15 is 0 Å². The van der Waals surface area contributed by atoms with Gasteiger partial charge in [0.2, 0.25) is 0 Å². The number of carbonyl (C=O) groups excluding carboxylic acids is 1. The molecule has 1 aromatic rings. The van der Waals surface area contributed by atoms with Crippen molar-refractivity contribution in [1.82, 2.24) is 15.8 Å². The molecular weight excluding hydrogens is 270 g/mol. The van der Waals surface area contributed by atoms with Crippen LogP contribution in [0.25, 0.3) is 0 Å². The summed E-state index contributed by atoms with van der Waals surface area (Å²) in [5.74, 6) is 0.0678. The Bertz CT molecular complexity index is 455. The average molecular weight is 297 g/mol. The van der Waals surface area contributed by atoms with Crippen LogP contribution in [0, 0.1) is 12.3 Å². The summed E-state index contributed by atoms with van der Waals surface area (Å²) < 4.78 is 4.92. The first-order valence-electron chi connectivity index (χ1n) is 7.46. The van der Waals surface area contributed by atoms with E-state index in [-0.39, 0.29) is 23.6 Å². The molecule has 0 unspecified atom stereocenters. The van der Waals surface area contributed by atoms with Crippen LogP contribution >= 0.6 is 0 Å². The Hall–Kier alpha value is -1.40. The third-order valence-electron chi connectivity index (χ3n) is 3.42. The first kappa shape index (κ1) is 17.7. The molecular formula is C15H27N3O3. The van der Waals surface area contributed by atoms with E-state index in [2.05, 4.69) is 36.6 Å². The molecule has 6 nitrogen and oxygen atoms in total. The van der Waals surface area contributed by atoms with Gasteiger partial charge in [0, 0.05) is 18.7 Å². The maximum absolute atomic E-state index is 12.1. The lowest BCUT2D eigenvalue weighted by Gasteiger charge is -2.25. The number of unbranched alkanes of at least 4 members (excludes halogenated alkanes) is 1. The summed E-state index contributed by atoms with van der Waals surface area (Å²) in [6.07, 6.45) is 2.33. The highest BCUT2D eigenvalue weighted by molar-refractivity contribution is 5.93. The second-order valence-corrected chi connectivity index (χ2v) is 6.11. The SMILES string of the molecule is CCCCNCC(C)(C)CNC(=O)c1noc(CO)c1C. The fraction of sp³-hybridized carbons (Fsp3) is 0.733. The van der Waals surface area contributed by atoms with E-state index in [1.54, 1.807) is 6.92 Å². The van der Waals surface area contributed by atoms with Gasteiger partial charge in [-0.05, 0) is 25.3 Å². The van der Waals surface area contributed by atoms with Gasteiger partial charge in [0.05, 0.1) is 0 Å². The molecule has 120 valence electrons. The summed E-state index contributed by atoms with van der Waals surface area (Å²) in [4.78, 5) is 12.1. The van der Waals surface area contributed by atoms with Crippen molar-refractivity contribution in [2.75, 3.05) is 19.6 Å². The fourth-order valence-corrected chi connectivity index (χ4v) is 1.92. The van der Waals surface area contributed by atoms with Crippen LogP contribution in [-0.4, -0.2) is 35.8 Å². The Morgan fingerprint density at radius 3 is 2.67 bits per heavy atom. The standard InChI is InChI=1S/C15H27N3O3/c1-5-6-7-16-9-15(3,4)10-17-14(20)13-11(2)12(8-19)21-18-13/h16,19H,5-10H2,1-4H3,(H,17,20). The van der Waals surface area contributed by atoms with Gasteiger partial charge in [-0.25, -0.2) is 0 Å². The number of hydrogen-bond donors (Lipinski definition) is 3. The van der Waals surface area contributed by atoms with Crippen LogP contribution < -0.4 is 10.6 Å². The third kappa shape index (κ3) is 5.47. The van der Waals surface area contributed by atoms with Gasteiger partial charge in [-0.3, -0.25) is 4.79 Å². The number of aliphatic hydroxyl groups excluding tert-OH is 1. The van der Waals surface area contributed by atoms with E-state index in [1.165, 1.54) is 6.42 Å². The second-order valence-electron chi connectivity index (χ2n) is 6.11. The molecule has 3 N–H and O–H groups in total. The lowest BCUT2D eigenvalue weighted by atomic mass is 9.93. The molecule has 0 spiro atoms. The van der Waals surface area contributed by atoms with Crippen LogP contribution in [0.4, 0.5) is 0 Å². The molecule has 6 heteroatoms. The van der Waals surface area contributed by atoms with Crippen LogP contribution in [0.2, 0.25) is 0 Å². The molecule has 0 saturated heterocycles. The minimum atomic E-state index is -0.266. The van der Waals surface area contributed by atoms with Crippen molar-refractivity contribution < 1.29 is 14.4 Å². The summed E-state index contributed by atoms with van der Waals surface area (Å²) >= 11 is 0. The summed E-state index contributed by atoms with van der Waals surface area (Å²) in [7, 11) is 0. The van der Waals surface area contributed by atoms with Crippen molar-refractivity contribution in [3.05, 3.63) is 17.0 Å². The number of amides is 1. The zero-order valence-corrected chi connectivity index (χ0v) is 13.5. The van der Waals surface area contributed by atoms with E-state index in [0.29, 0.717) is 17.9 Å². The van der Waals surface area contributed by atoms with E-state index in [0.717, 1.165) is 19.5 Å². The van der Waals surface area contributed by atoms with Crippen molar-refractivity contribution in [3.8, 4) is 0 Å². The van der Waals surface area contributed by atoms with Gasteiger partial charge in [0.25, 0.3) is 5.91 Å². The van der Waals surface area contributed by atoms with Gasteiger partial charge in [-0.15, -0.1) is 0 Å². The van der Waals surface area contributed by atoms with Crippen LogP contribution in [0.1, 0.15) is 55.4 Å². The summed E-state index contributed by atoms with van der Waals surface area (Å²) in [5.41, 5.74) is 0.795. The molecule has 0 aromatic carbocycles. The molecule has 0 atom stereocenters. The van der Waals surface area contributed by atoms with E-state index in [9.17, 15) is 4.79 Å². The van der Waals surface area contributed by atoms with Crippen LogP contribution in [0.5, 0.6) is 0 Å². The maximum Gasteiger partial charge on any atom is 0.273 e. The summed E-state index contributed by atoms with van der Waals surface area (Å²) in [6.45, 7) is 10.2. The second kappa shape index (κ2) is 8.14. The molecule has 1 heterocycles. The van der Waals surface area contributed by atoms with Gasteiger partial charge in [0.15, 0.2) is 11.5 Å². The lowest BCUT2D eigenvalue weighted by Crippen LogP contribution is -2.40. The van der Waals surface area contributed by atoms with Crippen LogP contribution in [-0.2, 0) is 6.61 Å². The van der Waals surface area contributed by atoms with Crippen molar-refractivity contribution >= 4 is 5.91 Å². The normalized spacial score (nSPS) is 11.7. The summed E-state index contributed by atoms with van der Waals surface area (Å²) in [6, 6.07) is 0. The van der Waals surface area contributed by atoms with Gasteiger partial charge >= 0.3 is 0 Å². The average Bonchev–Trinajstić information content (AvgIpc) is 2.82. The van der Waals surface area contributed by atoms with E-state index in [1.807, 2.05) is 0 Å². The molecule has 0 aliphatic heterocycles. The molecule has 21 heavy (non-hydrogen) atoms. The number of carbonyl (C=O) groups is 1. The number of aliphatic hydroxyl groups is 1. The highest BCUT2D eigenvalue weighted by Gasteiger charge is 2.22. The topological polar surface area (TPSA) is 87.4 Å². The van der Waals surface area contributed by atoms with Gasteiger partial charge in [0.1, 0.15) is 6.61 Å². The number of nitrogens with one attached hydrogen (secondary N) is 2. The minimum Gasteiger partial charge on any atom is -0.388 e. The molecule has 0 saturated carbocycles. The number of hydrogen-bond acceptors (Lipinski definition) is 5. The first-order valence-corrected chi connectivity index (χ1v) is 7.46. The Labute approximate surface area is 126 Å². The highest BCUT2D eigenvalue weighted by Crippen LogP contribution is 2.15. The first-order chi connectivity index (χ1) is 9.91. The molecule has 1 rings (SSSR count). The van der Waals surface area contributed by atoms with E-state index in [4.69, 9.17) is 9.63 Å². The Morgan fingerprint density at radius 2 is 2.10 bits per heavy atom. The van der Waals surface area contributed by atoms with E-state index < -0.39 is 0 Å². The molecule has 0 radical (unpaired) electrons. The maximum atomic E-state index is 12.1. The van der Waals surface area contributed by atoms with Gasteiger partial charge in [-0.2, -0.15) is 0 Å². The van der Waals surface area contributed by atoms with Crippen LogP contribution in [0.15, 0.2) is 4.52 Å². The Kier molecular flexibility index (Phi) is 6.84. The van der Waals surface area contributed by atoms with Crippen molar-refractivity contribution in [2.24, 2.45) is 5.41 Å². The Balaban J connectivity index is 2.45. The largest absolute Gasteiger partial charge is 0.388 e. The predicted octanol–water partition coefficient (Wildman–Crippen LogP) is 1.62. The van der Waals surface area contributed by atoms with Gasteiger partial charge < -0.3 is 20.3 Å². The van der Waals surface area contributed by atoms with Crippen LogP contribution in [0.3, 0.4) is 0 Å². The number of aromatic nitrogens is 1.